The molecule has 6 nitrogen and oxygen atoms in total. The first-order valence-corrected chi connectivity index (χ1v) is 12.4. The van der Waals surface area contributed by atoms with E-state index in [0.29, 0.717) is 52.3 Å². The van der Waals surface area contributed by atoms with E-state index in [-0.39, 0.29) is 28.9 Å². The molecular formula is C31H19F6N3O3. The first-order valence-electron chi connectivity index (χ1n) is 12.4. The molecule has 0 amide bonds. The normalized spacial score (nSPS) is 13.5. The third kappa shape index (κ3) is 5.70. The number of aliphatic imine (C=N–C) groups is 1. The summed E-state index contributed by atoms with van der Waals surface area (Å²) >= 11 is 0. The molecule has 0 aliphatic carbocycles. The molecule has 0 unspecified atom stereocenters. The zero-order chi connectivity index (χ0) is 31.0. The molecule has 0 saturated heterocycles. The van der Waals surface area contributed by atoms with E-state index in [1.54, 1.807) is 26.0 Å². The number of nitrogens with zero attached hydrogens (tertiary/aromatic N) is 2. The number of aryl methyl sites for hydroxylation is 2. The molecule has 0 radical (unpaired) electrons. The molecular weight excluding hydrogens is 576 g/mol. The first kappa shape index (κ1) is 29.1. The van der Waals surface area contributed by atoms with Crippen molar-refractivity contribution in [1.82, 2.24) is 4.98 Å². The number of nitrogens with one attached hydrogen (secondary N) is 1. The van der Waals surface area contributed by atoms with Gasteiger partial charge in [0.25, 0.3) is 0 Å². The Kier molecular flexibility index (Phi) is 7.74. The Balaban J connectivity index is 1.66. The lowest BCUT2D eigenvalue weighted by molar-refractivity contribution is 0.393. The van der Waals surface area contributed by atoms with Gasteiger partial charge in [-0.05, 0) is 54.8 Å². The van der Waals surface area contributed by atoms with Crippen LogP contribution in [0.1, 0.15) is 22.4 Å². The number of benzene rings is 3. The quantitative estimate of drug-likeness (QED) is 0.179. The minimum Gasteiger partial charge on any atom is -0.497 e. The number of hydrogen-bond donors (Lipinski definition) is 1. The van der Waals surface area contributed by atoms with Gasteiger partial charge in [0, 0.05) is 41.6 Å². The molecule has 0 spiro atoms. The molecule has 3 aromatic carbocycles. The van der Waals surface area contributed by atoms with Crippen LogP contribution in [-0.2, 0) is 0 Å². The van der Waals surface area contributed by atoms with Gasteiger partial charge in [0.15, 0.2) is 29.0 Å². The molecule has 0 saturated carbocycles. The first-order chi connectivity index (χ1) is 20.5. The summed E-state index contributed by atoms with van der Waals surface area (Å²) in [6, 6.07) is 6.63. The van der Waals surface area contributed by atoms with Crippen molar-refractivity contribution in [2.24, 2.45) is 4.99 Å². The molecule has 1 aliphatic heterocycles. The van der Waals surface area contributed by atoms with Gasteiger partial charge in [0.1, 0.15) is 17.4 Å². The van der Waals surface area contributed by atoms with E-state index in [1.807, 2.05) is 0 Å². The number of aromatic nitrogens is 1. The third-order valence-corrected chi connectivity index (χ3v) is 6.35. The van der Waals surface area contributed by atoms with Crippen LogP contribution < -0.4 is 14.2 Å². The number of methoxy groups -OCH3 is 1. The minimum atomic E-state index is -1.32. The second kappa shape index (κ2) is 11.4. The van der Waals surface area contributed by atoms with E-state index in [4.69, 9.17) is 20.8 Å². The van der Waals surface area contributed by atoms with Gasteiger partial charge in [-0.25, -0.2) is 36.2 Å². The molecule has 1 N–H and O–H groups in total. The zero-order valence-corrected chi connectivity index (χ0v) is 22.6. The van der Waals surface area contributed by atoms with Gasteiger partial charge < -0.3 is 19.2 Å². The molecule has 0 atom stereocenters. The fourth-order valence-electron chi connectivity index (χ4n) is 4.56. The van der Waals surface area contributed by atoms with Gasteiger partial charge in [-0.1, -0.05) is 0 Å². The largest absolute Gasteiger partial charge is 0.497 e. The summed E-state index contributed by atoms with van der Waals surface area (Å²) in [6.07, 6.45) is 2.80. The molecule has 12 heteroatoms. The van der Waals surface area contributed by atoms with E-state index in [1.165, 1.54) is 25.3 Å². The van der Waals surface area contributed by atoms with Crippen LogP contribution in [0.4, 0.5) is 32.0 Å². The van der Waals surface area contributed by atoms with Crippen molar-refractivity contribution in [1.29, 1.82) is 0 Å². The standard InChI is InChI=1S/C31H19F6N3O3/c1-14-7-18(41-4)8-15(2)27(14)28(23-5-6-26(39-23)42-29-19(34)9-16(32)10-20(29)35)24-13-25(38-3)31(40-24)43-30-21(36)11-17(33)12-22(30)37/h5-13,40H,1-2,4H3/b28-23+. The number of halogens is 6. The molecule has 5 rings (SSSR count). The maximum absolute atomic E-state index is 14.4. The summed E-state index contributed by atoms with van der Waals surface area (Å²) in [4.78, 5) is 10.6. The monoisotopic (exact) mass is 595 g/mol. The summed E-state index contributed by atoms with van der Waals surface area (Å²) in [6.45, 7) is 11.2. The van der Waals surface area contributed by atoms with E-state index >= 15 is 0 Å². The molecule has 0 bridgehead atoms. The van der Waals surface area contributed by atoms with Crippen LogP contribution in [0, 0.1) is 55.3 Å². The fraction of sp³-hybridized carbons (Fsp3) is 0.0968. The summed E-state index contributed by atoms with van der Waals surface area (Å²) in [5, 5.41) is 0. The Hall–Kier alpha value is -5.44. The number of ether oxygens (including phenoxy) is 3. The topological polar surface area (TPSA) is 60.2 Å². The van der Waals surface area contributed by atoms with Crippen LogP contribution in [-0.4, -0.2) is 18.0 Å². The van der Waals surface area contributed by atoms with Gasteiger partial charge in [-0.15, -0.1) is 0 Å². The van der Waals surface area contributed by atoms with Gasteiger partial charge in [-0.3, -0.25) is 0 Å². The van der Waals surface area contributed by atoms with Gasteiger partial charge in [-0.2, -0.15) is 0 Å². The van der Waals surface area contributed by atoms with Crippen LogP contribution >= 0.6 is 0 Å². The molecule has 0 fully saturated rings. The molecule has 4 aromatic rings. The third-order valence-electron chi connectivity index (χ3n) is 6.35. The van der Waals surface area contributed by atoms with Crippen LogP contribution in [0.15, 0.2) is 65.3 Å². The fourth-order valence-corrected chi connectivity index (χ4v) is 4.56. The molecule has 1 aromatic heterocycles. The highest BCUT2D eigenvalue weighted by Gasteiger charge is 2.25. The molecule has 1 aliphatic rings. The van der Waals surface area contributed by atoms with Gasteiger partial charge >= 0.3 is 0 Å². The van der Waals surface area contributed by atoms with Crippen LogP contribution in [0.25, 0.3) is 10.4 Å². The molecule has 218 valence electrons. The summed E-state index contributed by atoms with van der Waals surface area (Å²) < 4.78 is 100. The second-order valence-electron chi connectivity index (χ2n) is 9.29. The maximum atomic E-state index is 14.4. The van der Waals surface area contributed by atoms with Crippen molar-refractivity contribution in [2.75, 3.05) is 7.11 Å². The van der Waals surface area contributed by atoms with E-state index in [2.05, 4.69) is 14.8 Å². The zero-order valence-electron chi connectivity index (χ0n) is 22.6. The number of H-pyrrole nitrogens is 1. The lowest BCUT2D eigenvalue weighted by atomic mass is 9.92. The predicted octanol–water partition coefficient (Wildman–Crippen LogP) is 8.62. The summed E-state index contributed by atoms with van der Waals surface area (Å²) in [5.74, 6) is -9.28. The number of aromatic amines is 1. The Labute approximate surface area is 241 Å². The van der Waals surface area contributed by atoms with Crippen LogP contribution in [0.2, 0.25) is 0 Å². The number of allylic oxidation sites excluding steroid dienone is 1. The highest BCUT2D eigenvalue weighted by atomic mass is 19.2. The Morgan fingerprint density at radius 2 is 1.30 bits per heavy atom. The van der Waals surface area contributed by atoms with Crippen molar-refractivity contribution >= 4 is 17.2 Å². The van der Waals surface area contributed by atoms with Gasteiger partial charge in [0.05, 0.1) is 19.4 Å². The van der Waals surface area contributed by atoms with E-state index in [0.717, 1.165) is 0 Å². The molecule has 2 heterocycles. The second-order valence-corrected chi connectivity index (χ2v) is 9.29. The Bertz CT molecular complexity index is 1850. The van der Waals surface area contributed by atoms with Crippen LogP contribution in [0.5, 0.6) is 23.1 Å². The highest BCUT2D eigenvalue weighted by Crippen LogP contribution is 2.42. The lowest BCUT2D eigenvalue weighted by Gasteiger charge is -2.16. The van der Waals surface area contributed by atoms with E-state index < -0.39 is 46.4 Å². The van der Waals surface area contributed by atoms with Crippen LogP contribution in [0.3, 0.4) is 0 Å². The highest BCUT2D eigenvalue weighted by molar-refractivity contribution is 5.98. The lowest BCUT2D eigenvalue weighted by Crippen LogP contribution is -2.06. The van der Waals surface area contributed by atoms with Gasteiger partial charge in [0.2, 0.25) is 23.2 Å². The average molecular weight is 595 g/mol. The summed E-state index contributed by atoms with van der Waals surface area (Å²) in [7, 11) is 1.50. The predicted molar refractivity (Wildman–Crippen MR) is 145 cm³/mol. The SMILES string of the molecule is [C-]#[N+]c1cc(/C(=C2/C=CC(Oc3c(F)cc(F)cc3F)=N2)c2c(C)cc(OC)cc2C)[nH]c1Oc1c(F)cc(F)cc1F. The number of hydrogen-bond acceptors (Lipinski definition) is 4. The van der Waals surface area contributed by atoms with Crippen molar-refractivity contribution in [3.63, 3.8) is 0 Å². The average Bonchev–Trinajstić information content (AvgIpc) is 3.56. The maximum Gasteiger partial charge on any atom is 0.247 e. The van der Waals surface area contributed by atoms with Crippen molar-refractivity contribution in [3.8, 4) is 23.1 Å². The van der Waals surface area contributed by atoms with E-state index in [9.17, 15) is 26.3 Å². The van der Waals surface area contributed by atoms with Crippen molar-refractivity contribution in [3.05, 3.63) is 129 Å². The van der Waals surface area contributed by atoms with Crippen molar-refractivity contribution < 1.29 is 40.6 Å². The smallest absolute Gasteiger partial charge is 0.247 e. The Morgan fingerprint density at radius 3 is 1.81 bits per heavy atom. The van der Waals surface area contributed by atoms with Crippen molar-refractivity contribution in [2.45, 2.75) is 13.8 Å². The Morgan fingerprint density at radius 1 is 0.767 bits per heavy atom. The summed E-state index contributed by atoms with van der Waals surface area (Å²) in [5.41, 5.74) is 2.61. The minimum absolute atomic E-state index is 0.169. The molecule has 43 heavy (non-hydrogen) atoms. The number of rotatable bonds is 6.